The second-order valence-electron chi connectivity index (χ2n) is 7.36. The van der Waals surface area contributed by atoms with E-state index in [9.17, 15) is 4.79 Å². The molecule has 2 fully saturated rings. The molecule has 0 radical (unpaired) electrons. The third-order valence-corrected chi connectivity index (χ3v) is 5.20. The van der Waals surface area contributed by atoms with E-state index in [2.05, 4.69) is 20.8 Å². The zero-order valence-corrected chi connectivity index (χ0v) is 11.3. The summed E-state index contributed by atoms with van der Waals surface area (Å²) in [5.41, 5.74) is 1.13. The van der Waals surface area contributed by atoms with E-state index < -0.39 is 0 Å². The first kappa shape index (κ1) is 12.1. The summed E-state index contributed by atoms with van der Waals surface area (Å²) >= 11 is 0. The first-order chi connectivity index (χ1) is 7.32. The van der Waals surface area contributed by atoms with Gasteiger partial charge in [-0.15, -0.1) is 0 Å². The van der Waals surface area contributed by atoms with Crippen molar-refractivity contribution in [2.75, 3.05) is 0 Å². The van der Waals surface area contributed by atoms with Crippen LogP contribution >= 0.6 is 0 Å². The lowest BCUT2D eigenvalue weighted by Gasteiger charge is -2.55. The standard InChI is InChI=1S/C15H26O/c1-11(16)12-5-7-15(8-6-12)9-13(10-15)14(2,3)4/h12-13H,5-10H2,1-4H3. The van der Waals surface area contributed by atoms with Crippen LogP contribution in [-0.2, 0) is 4.79 Å². The van der Waals surface area contributed by atoms with Gasteiger partial charge in [-0.25, -0.2) is 0 Å². The smallest absolute Gasteiger partial charge is 0.132 e. The Labute approximate surface area is 100.0 Å². The highest BCUT2D eigenvalue weighted by Crippen LogP contribution is 2.60. The molecule has 0 aromatic heterocycles. The first-order valence-corrected chi connectivity index (χ1v) is 6.83. The molecule has 0 aliphatic heterocycles. The topological polar surface area (TPSA) is 17.1 Å². The SMILES string of the molecule is CC(=O)C1CCC2(CC1)CC(C(C)(C)C)C2. The lowest BCUT2D eigenvalue weighted by atomic mass is 9.49. The number of hydrogen-bond acceptors (Lipinski definition) is 1. The van der Waals surface area contributed by atoms with Gasteiger partial charge in [0.05, 0.1) is 0 Å². The number of hydrogen-bond donors (Lipinski definition) is 0. The van der Waals surface area contributed by atoms with Crippen molar-refractivity contribution in [3.63, 3.8) is 0 Å². The molecule has 1 heteroatoms. The fraction of sp³-hybridized carbons (Fsp3) is 0.933. The molecule has 0 bridgehead atoms. The zero-order chi connectivity index (χ0) is 12.0. The van der Waals surface area contributed by atoms with Gasteiger partial charge in [0, 0.05) is 5.92 Å². The molecule has 0 atom stereocenters. The Balaban J connectivity index is 1.85. The number of carbonyl (C=O) groups is 1. The van der Waals surface area contributed by atoms with Crippen LogP contribution in [0.2, 0.25) is 0 Å². The predicted octanol–water partition coefficient (Wildman–Crippen LogP) is 4.21. The highest BCUT2D eigenvalue weighted by molar-refractivity contribution is 5.78. The number of Topliss-reactive ketones (excluding diaryl/α,β-unsaturated/α-hetero) is 1. The van der Waals surface area contributed by atoms with Crippen LogP contribution in [-0.4, -0.2) is 5.78 Å². The minimum Gasteiger partial charge on any atom is -0.300 e. The van der Waals surface area contributed by atoms with Crippen LogP contribution in [0.5, 0.6) is 0 Å². The summed E-state index contributed by atoms with van der Waals surface area (Å²) in [7, 11) is 0. The van der Waals surface area contributed by atoms with Crippen molar-refractivity contribution in [2.45, 2.75) is 66.2 Å². The van der Waals surface area contributed by atoms with Gasteiger partial charge in [-0.1, -0.05) is 20.8 Å². The van der Waals surface area contributed by atoms with Crippen LogP contribution in [0, 0.1) is 22.7 Å². The third kappa shape index (κ3) is 2.19. The Morgan fingerprint density at radius 1 is 1.12 bits per heavy atom. The normalized spacial score (nSPS) is 39.5. The minimum atomic E-state index is 0.388. The molecule has 0 amide bonds. The average molecular weight is 222 g/mol. The van der Waals surface area contributed by atoms with Crippen molar-refractivity contribution in [2.24, 2.45) is 22.7 Å². The summed E-state index contributed by atoms with van der Waals surface area (Å²) < 4.78 is 0. The molecule has 16 heavy (non-hydrogen) atoms. The molecule has 0 saturated heterocycles. The van der Waals surface area contributed by atoms with Crippen LogP contribution in [0.4, 0.5) is 0 Å². The van der Waals surface area contributed by atoms with Crippen molar-refractivity contribution < 1.29 is 4.79 Å². The van der Waals surface area contributed by atoms with Gasteiger partial charge in [0.2, 0.25) is 0 Å². The Morgan fingerprint density at radius 2 is 1.62 bits per heavy atom. The lowest BCUT2D eigenvalue weighted by molar-refractivity contribution is -0.124. The zero-order valence-electron chi connectivity index (χ0n) is 11.3. The quantitative estimate of drug-likeness (QED) is 0.649. The van der Waals surface area contributed by atoms with Gasteiger partial charge in [0.1, 0.15) is 5.78 Å². The average Bonchev–Trinajstić information content (AvgIpc) is 2.12. The van der Waals surface area contributed by atoms with E-state index in [1.165, 1.54) is 25.7 Å². The van der Waals surface area contributed by atoms with Gasteiger partial charge >= 0.3 is 0 Å². The molecule has 0 heterocycles. The summed E-state index contributed by atoms with van der Waals surface area (Å²) in [6.45, 7) is 8.87. The van der Waals surface area contributed by atoms with E-state index in [0.717, 1.165) is 18.8 Å². The first-order valence-electron chi connectivity index (χ1n) is 6.83. The number of rotatable bonds is 1. The molecule has 0 aromatic carbocycles. The van der Waals surface area contributed by atoms with Crippen molar-refractivity contribution in [3.05, 3.63) is 0 Å². The second kappa shape index (κ2) is 3.85. The van der Waals surface area contributed by atoms with E-state index in [1.807, 2.05) is 0 Å². The van der Waals surface area contributed by atoms with Crippen molar-refractivity contribution in [1.29, 1.82) is 0 Å². The van der Waals surface area contributed by atoms with Crippen LogP contribution in [0.3, 0.4) is 0 Å². The number of carbonyl (C=O) groups excluding carboxylic acids is 1. The van der Waals surface area contributed by atoms with Crippen LogP contribution in [0.15, 0.2) is 0 Å². The molecule has 0 N–H and O–H groups in total. The fourth-order valence-corrected chi connectivity index (χ4v) is 3.64. The maximum absolute atomic E-state index is 11.3. The van der Waals surface area contributed by atoms with E-state index in [-0.39, 0.29) is 0 Å². The Kier molecular flexibility index (Phi) is 2.92. The Morgan fingerprint density at radius 3 is 2.00 bits per heavy atom. The highest BCUT2D eigenvalue weighted by atomic mass is 16.1. The molecule has 1 nitrogen and oxygen atoms in total. The van der Waals surface area contributed by atoms with Gasteiger partial charge in [-0.05, 0) is 62.2 Å². The molecule has 0 unspecified atom stereocenters. The Bertz CT molecular complexity index is 268. The molecule has 2 aliphatic carbocycles. The maximum atomic E-state index is 11.3. The summed E-state index contributed by atoms with van der Waals surface area (Å²) in [5.74, 6) is 1.72. The monoisotopic (exact) mass is 222 g/mol. The Hall–Kier alpha value is -0.330. The fourth-order valence-electron chi connectivity index (χ4n) is 3.64. The highest BCUT2D eigenvalue weighted by Gasteiger charge is 2.49. The lowest BCUT2D eigenvalue weighted by Crippen LogP contribution is -2.45. The van der Waals surface area contributed by atoms with E-state index in [0.29, 0.717) is 22.5 Å². The third-order valence-electron chi connectivity index (χ3n) is 5.20. The molecule has 2 aliphatic rings. The van der Waals surface area contributed by atoms with Crippen molar-refractivity contribution in [3.8, 4) is 0 Å². The van der Waals surface area contributed by atoms with E-state index >= 15 is 0 Å². The van der Waals surface area contributed by atoms with Gasteiger partial charge in [0.15, 0.2) is 0 Å². The molecule has 2 saturated carbocycles. The van der Waals surface area contributed by atoms with Gasteiger partial charge in [-0.3, -0.25) is 4.79 Å². The summed E-state index contributed by atoms with van der Waals surface area (Å²) in [4.78, 5) is 11.3. The summed E-state index contributed by atoms with van der Waals surface area (Å²) in [6, 6.07) is 0. The van der Waals surface area contributed by atoms with Crippen LogP contribution in [0.1, 0.15) is 66.2 Å². The van der Waals surface area contributed by atoms with Crippen LogP contribution in [0.25, 0.3) is 0 Å². The number of ketones is 1. The minimum absolute atomic E-state index is 0.388. The van der Waals surface area contributed by atoms with Crippen molar-refractivity contribution >= 4 is 5.78 Å². The largest absolute Gasteiger partial charge is 0.300 e. The van der Waals surface area contributed by atoms with Crippen LogP contribution < -0.4 is 0 Å². The molecule has 0 aromatic rings. The van der Waals surface area contributed by atoms with Gasteiger partial charge in [0.25, 0.3) is 0 Å². The van der Waals surface area contributed by atoms with Gasteiger partial charge in [-0.2, -0.15) is 0 Å². The van der Waals surface area contributed by atoms with Gasteiger partial charge < -0.3 is 0 Å². The van der Waals surface area contributed by atoms with E-state index in [1.54, 1.807) is 6.92 Å². The molecular weight excluding hydrogens is 196 g/mol. The molecule has 1 spiro atoms. The van der Waals surface area contributed by atoms with E-state index in [4.69, 9.17) is 0 Å². The van der Waals surface area contributed by atoms with Crippen molar-refractivity contribution in [1.82, 2.24) is 0 Å². The summed E-state index contributed by atoms with van der Waals surface area (Å²) in [6.07, 6.45) is 7.77. The molecule has 92 valence electrons. The molecular formula is C15H26O. The predicted molar refractivity (Wildman–Crippen MR) is 67.3 cm³/mol. The second-order valence-corrected chi connectivity index (χ2v) is 7.36. The molecule has 2 rings (SSSR count). The maximum Gasteiger partial charge on any atom is 0.132 e. The summed E-state index contributed by atoms with van der Waals surface area (Å²) in [5, 5.41) is 0.